The number of aromatic nitrogens is 1. The van der Waals surface area contributed by atoms with E-state index < -0.39 is 23.0 Å². The maximum absolute atomic E-state index is 13.3. The zero-order valence-corrected chi connectivity index (χ0v) is 12.7. The predicted molar refractivity (Wildman–Crippen MR) is 84.6 cm³/mol. The van der Waals surface area contributed by atoms with E-state index in [2.05, 4.69) is 4.85 Å². The summed E-state index contributed by atoms with van der Waals surface area (Å²) in [6.45, 7) is 8.18. The Morgan fingerprint density at radius 2 is 1.71 bits per heavy atom. The fraction of sp³-hybridized carbons (Fsp3) is 0.294. The molecule has 0 bridgehead atoms. The van der Waals surface area contributed by atoms with Gasteiger partial charge in [-0.05, 0) is 18.9 Å². The zero-order chi connectivity index (χ0) is 17.3. The first-order chi connectivity index (χ1) is 11.4. The zero-order valence-electron chi connectivity index (χ0n) is 12.7. The Morgan fingerprint density at radius 1 is 1.08 bits per heavy atom. The molecule has 1 fully saturated rings. The number of benzene rings is 1. The third kappa shape index (κ3) is 2.75. The molecule has 0 unspecified atom stereocenters. The van der Waals surface area contributed by atoms with E-state index in [9.17, 15) is 18.0 Å². The quantitative estimate of drug-likeness (QED) is 0.782. The van der Waals surface area contributed by atoms with E-state index in [-0.39, 0.29) is 5.69 Å². The molecule has 4 nitrogen and oxygen atoms in total. The van der Waals surface area contributed by atoms with E-state index in [1.54, 1.807) is 35.3 Å². The molecule has 0 amide bonds. The van der Waals surface area contributed by atoms with Gasteiger partial charge in [0.1, 0.15) is 0 Å². The van der Waals surface area contributed by atoms with Gasteiger partial charge in [-0.15, -0.1) is 0 Å². The van der Waals surface area contributed by atoms with Crippen LogP contribution in [0.25, 0.3) is 16.1 Å². The van der Waals surface area contributed by atoms with Gasteiger partial charge in [0.2, 0.25) is 0 Å². The monoisotopic (exact) mass is 333 g/mol. The number of nitrogens with zero attached hydrogens (tertiary/aromatic N) is 3. The molecule has 7 heteroatoms. The highest BCUT2D eigenvalue weighted by atomic mass is 19.4. The van der Waals surface area contributed by atoms with Gasteiger partial charge in [0.05, 0.1) is 17.8 Å². The first-order valence-corrected chi connectivity index (χ1v) is 7.49. The first-order valence-electron chi connectivity index (χ1n) is 7.49. The van der Waals surface area contributed by atoms with Crippen LogP contribution in [0.15, 0.2) is 41.2 Å². The molecule has 1 aliphatic rings. The Morgan fingerprint density at radius 3 is 2.25 bits per heavy atom. The summed E-state index contributed by atoms with van der Waals surface area (Å²) >= 11 is 0. The molecule has 0 radical (unpaired) electrons. The topological polar surface area (TPSA) is 29.6 Å². The van der Waals surface area contributed by atoms with Gasteiger partial charge >= 0.3 is 6.18 Å². The van der Waals surface area contributed by atoms with Crippen LogP contribution in [0.4, 0.5) is 18.9 Å². The lowest BCUT2D eigenvalue weighted by Gasteiger charge is -2.26. The van der Waals surface area contributed by atoms with E-state index in [0.717, 1.165) is 18.9 Å². The van der Waals surface area contributed by atoms with Gasteiger partial charge in [-0.2, -0.15) is 13.2 Å². The molecule has 24 heavy (non-hydrogen) atoms. The normalized spacial score (nSPS) is 14.7. The van der Waals surface area contributed by atoms with Crippen molar-refractivity contribution in [2.75, 3.05) is 18.1 Å². The fourth-order valence-corrected chi connectivity index (χ4v) is 2.91. The minimum atomic E-state index is -4.76. The molecule has 0 atom stereocenters. The number of rotatable bonds is 2. The fourth-order valence-electron chi connectivity index (χ4n) is 2.91. The van der Waals surface area contributed by atoms with Crippen LogP contribution in [0, 0.1) is 6.57 Å². The van der Waals surface area contributed by atoms with Gasteiger partial charge in [0.25, 0.3) is 11.2 Å². The second-order valence-corrected chi connectivity index (χ2v) is 5.55. The molecule has 1 aromatic carbocycles. The molecule has 0 aliphatic carbocycles. The Balaban J connectivity index is 2.35. The van der Waals surface area contributed by atoms with Crippen molar-refractivity contribution in [3.05, 3.63) is 63.7 Å². The third-order valence-electron chi connectivity index (χ3n) is 4.01. The summed E-state index contributed by atoms with van der Waals surface area (Å²) in [6, 6.07) is 9.36. The second-order valence-electron chi connectivity index (χ2n) is 5.55. The average Bonchev–Trinajstić information content (AvgIpc) is 3.07. The molecule has 1 aliphatic heterocycles. The van der Waals surface area contributed by atoms with Crippen molar-refractivity contribution in [2.45, 2.75) is 19.0 Å². The molecular formula is C17H14F3N3O. The number of halogens is 3. The molecule has 2 aromatic rings. The lowest BCUT2D eigenvalue weighted by atomic mass is 10.1. The summed E-state index contributed by atoms with van der Waals surface area (Å²) in [5.74, 6) is 0. The standard InChI is InChI=1S/C17H14F3N3O/c1-21-15-13(17(18,19)20)11-14(12-7-3-2-4-8-12)23(16(15)24)22-9-5-6-10-22/h2-4,7-8,11H,5-6,9-10H2. The number of hydrogen-bond acceptors (Lipinski definition) is 2. The smallest absolute Gasteiger partial charge is 0.311 e. The molecule has 124 valence electrons. The maximum Gasteiger partial charge on any atom is 0.407 e. The summed E-state index contributed by atoms with van der Waals surface area (Å²) in [4.78, 5) is 15.5. The van der Waals surface area contributed by atoms with E-state index in [1.807, 2.05) is 0 Å². The van der Waals surface area contributed by atoms with Crippen molar-refractivity contribution in [3.63, 3.8) is 0 Å². The number of pyridine rings is 1. The van der Waals surface area contributed by atoms with Crippen LogP contribution in [0.1, 0.15) is 18.4 Å². The Labute approximate surface area is 136 Å². The Hall–Kier alpha value is -2.75. The van der Waals surface area contributed by atoms with E-state index in [0.29, 0.717) is 18.7 Å². The van der Waals surface area contributed by atoms with Crippen molar-refractivity contribution in [3.8, 4) is 11.3 Å². The predicted octanol–water partition coefficient (Wildman–Crippen LogP) is 3.82. The SMILES string of the molecule is [C-]#[N+]c1c(C(F)(F)F)cc(-c2ccccc2)n(N2CCCC2)c1=O. The van der Waals surface area contributed by atoms with Crippen LogP contribution in [0.2, 0.25) is 0 Å². The number of hydrogen-bond donors (Lipinski definition) is 0. The van der Waals surface area contributed by atoms with Crippen LogP contribution in [0.3, 0.4) is 0 Å². The van der Waals surface area contributed by atoms with Crippen molar-refractivity contribution in [1.29, 1.82) is 0 Å². The van der Waals surface area contributed by atoms with Crippen LogP contribution in [-0.2, 0) is 6.18 Å². The first kappa shape index (κ1) is 16.1. The third-order valence-corrected chi connectivity index (χ3v) is 4.01. The molecule has 0 N–H and O–H groups in total. The summed E-state index contributed by atoms with van der Waals surface area (Å²) in [5.41, 5.74) is -2.32. The van der Waals surface area contributed by atoms with Crippen LogP contribution in [-0.4, -0.2) is 17.8 Å². The lowest BCUT2D eigenvalue weighted by molar-refractivity contribution is -0.136. The van der Waals surface area contributed by atoms with Gasteiger partial charge in [-0.3, -0.25) is 4.79 Å². The minimum Gasteiger partial charge on any atom is -0.311 e. The highest BCUT2D eigenvalue weighted by Gasteiger charge is 2.37. The number of alkyl halides is 3. The maximum atomic E-state index is 13.3. The van der Waals surface area contributed by atoms with Gasteiger partial charge in [0, 0.05) is 18.7 Å². The van der Waals surface area contributed by atoms with E-state index in [1.165, 1.54) is 4.68 Å². The summed E-state index contributed by atoms with van der Waals surface area (Å²) in [6.07, 6.45) is -3.04. The molecular weight excluding hydrogens is 319 g/mol. The summed E-state index contributed by atoms with van der Waals surface area (Å²) in [7, 11) is 0. The van der Waals surface area contributed by atoms with Gasteiger partial charge in [0.15, 0.2) is 0 Å². The van der Waals surface area contributed by atoms with Crippen molar-refractivity contribution in [1.82, 2.24) is 4.68 Å². The summed E-state index contributed by atoms with van der Waals surface area (Å²) in [5, 5.41) is 1.71. The van der Waals surface area contributed by atoms with Crippen LogP contribution >= 0.6 is 0 Å². The highest BCUT2D eigenvalue weighted by Crippen LogP contribution is 2.37. The second kappa shape index (κ2) is 6.04. The van der Waals surface area contributed by atoms with E-state index >= 15 is 0 Å². The van der Waals surface area contributed by atoms with Gasteiger partial charge in [-0.25, -0.2) is 9.52 Å². The van der Waals surface area contributed by atoms with Gasteiger partial charge in [-0.1, -0.05) is 30.3 Å². The van der Waals surface area contributed by atoms with Crippen molar-refractivity contribution in [2.24, 2.45) is 0 Å². The largest absolute Gasteiger partial charge is 0.407 e. The molecule has 3 rings (SSSR count). The Bertz CT molecular complexity index is 844. The molecule has 0 saturated carbocycles. The summed E-state index contributed by atoms with van der Waals surface area (Å²) < 4.78 is 41.2. The van der Waals surface area contributed by atoms with Crippen LogP contribution < -0.4 is 10.6 Å². The lowest BCUT2D eigenvalue weighted by Crippen LogP contribution is -2.41. The van der Waals surface area contributed by atoms with Crippen molar-refractivity contribution < 1.29 is 13.2 Å². The van der Waals surface area contributed by atoms with Crippen LogP contribution in [0.5, 0.6) is 0 Å². The average molecular weight is 333 g/mol. The molecule has 0 spiro atoms. The minimum absolute atomic E-state index is 0.155. The molecule has 1 aromatic heterocycles. The molecule has 1 saturated heterocycles. The Kier molecular flexibility index (Phi) is 4.06. The highest BCUT2D eigenvalue weighted by molar-refractivity contribution is 5.66. The van der Waals surface area contributed by atoms with Gasteiger partial charge < -0.3 is 5.01 Å². The van der Waals surface area contributed by atoms with Crippen molar-refractivity contribution >= 4 is 5.69 Å². The van der Waals surface area contributed by atoms with E-state index in [4.69, 9.17) is 6.57 Å². The molecule has 2 heterocycles.